The predicted molar refractivity (Wildman–Crippen MR) is 108 cm³/mol. The Morgan fingerprint density at radius 1 is 0.828 bits per heavy atom. The Morgan fingerprint density at radius 3 is 2.07 bits per heavy atom. The number of hydrogen-bond acceptors (Lipinski definition) is 6. The van der Waals surface area contributed by atoms with Gasteiger partial charge in [0.15, 0.2) is 0 Å². The lowest BCUT2D eigenvalue weighted by Crippen LogP contribution is -2.31. The molecular formula is C19H15N3O5S2. The van der Waals surface area contributed by atoms with E-state index in [2.05, 4.69) is 5.32 Å². The minimum absolute atomic E-state index is 0.0575. The van der Waals surface area contributed by atoms with Crippen LogP contribution >= 0.6 is 11.3 Å². The number of nitrogens with two attached hydrogens (primary N) is 1. The van der Waals surface area contributed by atoms with Gasteiger partial charge < -0.3 is 11.1 Å². The van der Waals surface area contributed by atoms with E-state index < -0.39 is 21.8 Å². The number of carbonyl (C=O) groups excluding carboxylic acids is 3. The van der Waals surface area contributed by atoms with Crippen molar-refractivity contribution in [3.8, 4) is 0 Å². The monoisotopic (exact) mass is 429 g/mol. The Labute approximate surface area is 170 Å². The first kappa shape index (κ1) is 20.2. The maximum absolute atomic E-state index is 12.4. The van der Waals surface area contributed by atoms with E-state index in [0.717, 1.165) is 11.3 Å². The quantitative estimate of drug-likeness (QED) is 0.552. The molecule has 0 bridgehead atoms. The average Bonchev–Trinajstić information content (AvgIpc) is 3.20. The molecule has 3 amide bonds. The summed E-state index contributed by atoms with van der Waals surface area (Å²) < 4.78 is 26.7. The molecule has 8 nitrogen and oxygen atoms in total. The molecular weight excluding hydrogens is 414 g/mol. The normalized spacial score (nSPS) is 10.9. The van der Waals surface area contributed by atoms with Gasteiger partial charge in [0, 0.05) is 16.8 Å². The number of carbonyl (C=O) groups is 3. The molecule has 0 aliphatic heterocycles. The SMILES string of the molecule is NC(=O)c1sccc1S(=O)(=O)NC(=O)c1ccc(NC(=O)c2ccccc2)cc1. The third-order valence-electron chi connectivity index (χ3n) is 3.81. The van der Waals surface area contributed by atoms with Gasteiger partial charge >= 0.3 is 0 Å². The van der Waals surface area contributed by atoms with E-state index in [4.69, 9.17) is 5.73 Å². The molecule has 0 saturated carbocycles. The molecule has 0 saturated heterocycles. The fraction of sp³-hybridized carbons (Fsp3) is 0. The van der Waals surface area contributed by atoms with Crippen molar-refractivity contribution in [2.75, 3.05) is 5.32 Å². The van der Waals surface area contributed by atoms with Crippen LogP contribution in [-0.4, -0.2) is 26.1 Å². The van der Waals surface area contributed by atoms with Gasteiger partial charge in [0.05, 0.1) is 0 Å². The topological polar surface area (TPSA) is 135 Å². The van der Waals surface area contributed by atoms with Gasteiger partial charge in [-0.1, -0.05) is 18.2 Å². The molecule has 0 aliphatic rings. The number of thiophene rings is 1. The van der Waals surface area contributed by atoms with E-state index in [-0.39, 0.29) is 21.2 Å². The van der Waals surface area contributed by atoms with Gasteiger partial charge in [-0.15, -0.1) is 11.3 Å². The van der Waals surface area contributed by atoms with Crippen LogP contribution in [0.15, 0.2) is 70.9 Å². The van der Waals surface area contributed by atoms with E-state index in [1.807, 2.05) is 4.72 Å². The molecule has 0 aliphatic carbocycles. The van der Waals surface area contributed by atoms with Crippen molar-refractivity contribution in [1.82, 2.24) is 4.72 Å². The van der Waals surface area contributed by atoms with Crippen molar-refractivity contribution < 1.29 is 22.8 Å². The first-order valence-electron chi connectivity index (χ1n) is 8.19. The lowest BCUT2D eigenvalue weighted by molar-refractivity contribution is 0.0975. The highest BCUT2D eigenvalue weighted by molar-refractivity contribution is 7.90. The maximum atomic E-state index is 12.4. The Balaban J connectivity index is 1.71. The summed E-state index contributed by atoms with van der Waals surface area (Å²) in [6, 6.07) is 15.5. The molecule has 4 N–H and O–H groups in total. The van der Waals surface area contributed by atoms with Crippen LogP contribution in [-0.2, 0) is 10.0 Å². The van der Waals surface area contributed by atoms with Crippen molar-refractivity contribution in [1.29, 1.82) is 0 Å². The van der Waals surface area contributed by atoms with Crippen molar-refractivity contribution in [3.63, 3.8) is 0 Å². The fourth-order valence-electron chi connectivity index (χ4n) is 2.42. The number of sulfonamides is 1. The van der Waals surface area contributed by atoms with Gasteiger partial charge in [0.2, 0.25) is 0 Å². The first-order valence-corrected chi connectivity index (χ1v) is 10.5. The lowest BCUT2D eigenvalue weighted by atomic mass is 10.2. The third kappa shape index (κ3) is 4.68. The number of benzene rings is 2. The molecule has 0 unspecified atom stereocenters. The second-order valence-electron chi connectivity index (χ2n) is 5.81. The molecule has 148 valence electrons. The van der Waals surface area contributed by atoms with Crippen molar-refractivity contribution in [2.24, 2.45) is 5.73 Å². The smallest absolute Gasteiger partial charge is 0.265 e. The second kappa shape index (κ2) is 8.25. The summed E-state index contributed by atoms with van der Waals surface area (Å²) >= 11 is 0.868. The standard InChI is InChI=1S/C19H15N3O5S2/c20-17(23)16-15(10-11-28-16)29(26,27)22-19(25)13-6-8-14(9-7-13)21-18(24)12-4-2-1-3-5-12/h1-11H,(H2,20,23)(H,21,24)(H,22,25). The van der Waals surface area contributed by atoms with Crippen LogP contribution in [0.1, 0.15) is 30.4 Å². The predicted octanol–water partition coefficient (Wildman–Crippen LogP) is 2.22. The van der Waals surface area contributed by atoms with Crippen LogP contribution in [0.4, 0.5) is 5.69 Å². The highest BCUT2D eigenvalue weighted by Gasteiger charge is 2.25. The van der Waals surface area contributed by atoms with Crippen LogP contribution in [0, 0.1) is 0 Å². The van der Waals surface area contributed by atoms with Crippen LogP contribution in [0.25, 0.3) is 0 Å². The molecule has 0 atom stereocenters. The Bertz CT molecular complexity index is 1170. The van der Waals surface area contributed by atoms with E-state index >= 15 is 0 Å². The highest BCUT2D eigenvalue weighted by Crippen LogP contribution is 2.21. The highest BCUT2D eigenvalue weighted by atomic mass is 32.2. The van der Waals surface area contributed by atoms with Gasteiger partial charge in [-0.2, -0.15) is 0 Å². The van der Waals surface area contributed by atoms with E-state index in [1.54, 1.807) is 30.3 Å². The van der Waals surface area contributed by atoms with Gasteiger partial charge in [0.25, 0.3) is 27.7 Å². The van der Waals surface area contributed by atoms with Crippen LogP contribution < -0.4 is 15.8 Å². The number of hydrogen-bond donors (Lipinski definition) is 3. The summed E-state index contributed by atoms with van der Waals surface area (Å²) in [5.74, 6) is -2.10. The zero-order valence-electron chi connectivity index (χ0n) is 14.8. The van der Waals surface area contributed by atoms with Crippen LogP contribution in [0.3, 0.4) is 0 Å². The zero-order valence-corrected chi connectivity index (χ0v) is 16.4. The Hall–Kier alpha value is -3.50. The van der Waals surface area contributed by atoms with E-state index in [0.29, 0.717) is 11.3 Å². The lowest BCUT2D eigenvalue weighted by Gasteiger charge is -2.08. The van der Waals surface area contributed by atoms with Gasteiger partial charge in [0.1, 0.15) is 9.77 Å². The molecule has 1 aromatic heterocycles. The number of anilines is 1. The molecule has 1 heterocycles. The van der Waals surface area contributed by atoms with E-state index in [1.165, 1.54) is 35.7 Å². The van der Waals surface area contributed by atoms with Crippen molar-refractivity contribution in [3.05, 3.63) is 82.0 Å². The molecule has 2 aromatic carbocycles. The Morgan fingerprint density at radius 2 is 1.45 bits per heavy atom. The maximum Gasteiger partial charge on any atom is 0.265 e. The Kier molecular flexibility index (Phi) is 5.76. The summed E-state index contributed by atoms with van der Waals surface area (Å²) in [6.07, 6.45) is 0. The van der Waals surface area contributed by atoms with Crippen LogP contribution in [0.2, 0.25) is 0 Å². The first-order chi connectivity index (χ1) is 13.8. The third-order valence-corrected chi connectivity index (χ3v) is 6.24. The van der Waals surface area contributed by atoms with Gasteiger partial charge in [-0.25, -0.2) is 13.1 Å². The number of primary amides is 1. The summed E-state index contributed by atoms with van der Waals surface area (Å²) in [6.45, 7) is 0. The zero-order chi connectivity index (χ0) is 21.0. The fourth-order valence-corrected chi connectivity index (χ4v) is 4.69. The minimum atomic E-state index is -4.26. The number of amides is 3. The van der Waals surface area contributed by atoms with Gasteiger partial charge in [-0.3, -0.25) is 14.4 Å². The molecule has 29 heavy (non-hydrogen) atoms. The minimum Gasteiger partial charge on any atom is -0.365 e. The average molecular weight is 429 g/mol. The largest absolute Gasteiger partial charge is 0.365 e. The molecule has 3 aromatic rings. The van der Waals surface area contributed by atoms with Crippen molar-refractivity contribution >= 4 is 44.8 Å². The molecule has 10 heteroatoms. The molecule has 3 rings (SSSR count). The molecule has 0 radical (unpaired) electrons. The van der Waals surface area contributed by atoms with Crippen molar-refractivity contribution in [2.45, 2.75) is 4.90 Å². The van der Waals surface area contributed by atoms with Crippen LogP contribution in [0.5, 0.6) is 0 Å². The summed E-state index contributed by atoms with van der Waals surface area (Å²) in [5, 5.41) is 4.07. The second-order valence-corrected chi connectivity index (χ2v) is 8.38. The van der Waals surface area contributed by atoms with Gasteiger partial charge in [-0.05, 0) is 47.8 Å². The summed E-state index contributed by atoms with van der Waals surface area (Å²) in [5.41, 5.74) is 6.12. The summed E-state index contributed by atoms with van der Waals surface area (Å²) in [7, 11) is -4.26. The molecule has 0 fully saturated rings. The van der Waals surface area contributed by atoms with E-state index in [9.17, 15) is 22.8 Å². The summed E-state index contributed by atoms with van der Waals surface area (Å²) in [4.78, 5) is 35.3. The number of nitrogens with one attached hydrogen (secondary N) is 2. The molecule has 0 spiro atoms. The number of rotatable bonds is 6.